The third-order valence-electron chi connectivity index (χ3n) is 7.07. The van der Waals surface area contributed by atoms with Gasteiger partial charge in [-0.05, 0) is 36.4 Å². The van der Waals surface area contributed by atoms with Crippen LogP contribution in [0.2, 0.25) is 0 Å². The Bertz CT molecular complexity index is 1540. The Labute approximate surface area is 214 Å². The normalized spacial score (nSPS) is 16.8. The summed E-state index contributed by atoms with van der Waals surface area (Å²) in [5.41, 5.74) is 1.06. The van der Waals surface area contributed by atoms with E-state index in [2.05, 4.69) is 14.8 Å². The molecule has 14 heteroatoms. The van der Waals surface area contributed by atoms with Crippen molar-refractivity contribution in [1.82, 2.24) is 23.6 Å². The van der Waals surface area contributed by atoms with Crippen LogP contribution in [0.4, 0.5) is 24.7 Å². The molecule has 1 aromatic carbocycles. The first kappa shape index (κ1) is 24.3. The highest BCUT2D eigenvalue weighted by molar-refractivity contribution is 6.14. The minimum absolute atomic E-state index is 0.209. The zero-order valence-electron chi connectivity index (χ0n) is 20.6. The number of hydrogen-bond acceptors (Lipinski definition) is 8. The first-order valence-corrected chi connectivity index (χ1v) is 12.2. The number of piperazine rings is 1. The largest absolute Gasteiger partial charge is 0.463 e. The van der Waals surface area contributed by atoms with Crippen LogP contribution in [0, 0.1) is 0 Å². The summed E-state index contributed by atoms with van der Waals surface area (Å²) < 4.78 is 49.0. The summed E-state index contributed by atoms with van der Waals surface area (Å²) in [5, 5.41) is 1.43. The van der Waals surface area contributed by atoms with Crippen LogP contribution in [0.3, 0.4) is 0 Å². The molecule has 0 radical (unpaired) electrons. The number of halogens is 3. The first-order chi connectivity index (χ1) is 18.2. The number of aryl methyl sites for hydroxylation is 1. The van der Waals surface area contributed by atoms with Gasteiger partial charge >= 0.3 is 11.9 Å². The number of benzene rings is 1. The molecule has 2 aliphatic heterocycles. The number of hydrogen-bond donors (Lipinski definition) is 1. The standard InChI is InChI=1S/C24H26F3N9O2/c1-31-23(37)34(22-30-21-20(36(22)31)19(29-15-35(21)28)18-3-2-14-38-18)13-10-32-8-11-33(12-9-32)17-6-4-16(5-7-17)24(25,26)27/h2-7,14H,8-13,15,28H2,1H3. The number of imidazole rings is 1. The number of rotatable bonds is 5. The van der Waals surface area contributed by atoms with Gasteiger partial charge in [-0.1, -0.05) is 0 Å². The zero-order chi connectivity index (χ0) is 26.6. The summed E-state index contributed by atoms with van der Waals surface area (Å²) in [5.74, 6) is 7.69. The molecule has 38 heavy (non-hydrogen) atoms. The van der Waals surface area contributed by atoms with E-state index < -0.39 is 11.7 Å². The molecule has 0 amide bonds. The van der Waals surface area contributed by atoms with Gasteiger partial charge in [0.25, 0.3) is 0 Å². The summed E-state index contributed by atoms with van der Waals surface area (Å²) in [6.07, 6.45) is -2.78. The molecule has 3 aromatic heterocycles. The zero-order valence-corrected chi connectivity index (χ0v) is 20.6. The van der Waals surface area contributed by atoms with Crippen molar-refractivity contribution in [2.24, 2.45) is 17.9 Å². The SMILES string of the molecule is Cn1c(=O)n(CCN2CCN(c3ccc(C(F)(F)F)cc3)CC2)c2nc3c(n21)C(c1ccco1)=NCN3N. The Morgan fingerprint density at radius 2 is 1.79 bits per heavy atom. The predicted molar refractivity (Wildman–Crippen MR) is 134 cm³/mol. The second-order valence-corrected chi connectivity index (χ2v) is 9.32. The van der Waals surface area contributed by atoms with Crippen molar-refractivity contribution in [3.05, 3.63) is 70.2 Å². The molecule has 1 saturated heterocycles. The summed E-state index contributed by atoms with van der Waals surface area (Å²) >= 11 is 0. The summed E-state index contributed by atoms with van der Waals surface area (Å²) in [7, 11) is 1.67. The van der Waals surface area contributed by atoms with Crippen LogP contribution >= 0.6 is 0 Å². The van der Waals surface area contributed by atoms with Gasteiger partial charge in [-0.2, -0.15) is 18.2 Å². The van der Waals surface area contributed by atoms with E-state index in [1.807, 2.05) is 0 Å². The van der Waals surface area contributed by atoms with Gasteiger partial charge in [0.1, 0.15) is 18.1 Å². The molecule has 200 valence electrons. The maximum absolute atomic E-state index is 13.2. The smallest absolute Gasteiger partial charge is 0.416 e. The molecule has 4 aromatic rings. The van der Waals surface area contributed by atoms with Gasteiger partial charge in [0.2, 0.25) is 5.78 Å². The van der Waals surface area contributed by atoms with Crippen molar-refractivity contribution in [3.63, 3.8) is 0 Å². The molecule has 0 bridgehead atoms. The van der Waals surface area contributed by atoms with Crippen LogP contribution in [0.25, 0.3) is 5.78 Å². The van der Waals surface area contributed by atoms with Gasteiger partial charge in [-0.25, -0.2) is 19.8 Å². The van der Waals surface area contributed by atoms with Crippen LogP contribution in [0.15, 0.2) is 56.9 Å². The second kappa shape index (κ2) is 9.06. The highest BCUT2D eigenvalue weighted by Crippen LogP contribution is 2.31. The number of furan rings is 1. The maximum Gasteiger partial charge on any atom is 0.416 e. The molecule has 5 heterocycles. The third-order valence-corrected chi connectivity index (χ3v) is 7.07. The Hall–Kier alpha value is -4.04. The van der Waals surface area contributed by atoms with Gasteiger partial charge in [-0.15, -0.1) is 0 Å². The average Bonchev–Trinajstić information content (AvgIpc) is 3.62. The van der Waals surface area contributed by atoms with E-state index in [1.165, 1.54) is 21.8 Å². The molecular formula is C24H26F3N9O2. The predicted octanol–water partition coefficient (Wildman–Crippen LogP) is 1.76. The van der Waals surface area contributed by atoms with E-state index in [-0.39, 0.29) is 12.4 Å². The molecule has 0 atom stereocenters. The lowest BCUT2D eigenvalue weighted by Gasteiger charge is -2.36. The van der Waals surface area contributed by atoms with Crippen molar-refractivity contribution in [1.29, 1.82) is 0 Å². The van der Waals surface area contributed by atoms with Gasteiger partial charge < -0.3 is 9.32 Å². The van der Waals surface area contributed by atoms with Crippen LogP contribution in [0.1, 0.15) is 17.0 Å². The van der Waals surface area contributed by atoms with E-state index in [0.29, 0.717) is 54.9 Å². The molecule has 6 rings (SSSR count). The number of hydrazine groups is 1. The molecule has 11 nitrogen and oxygen atoms in total. The van der Waals surface area contributed by atoms with Crippen molar-refractivity contribution in [2.45, 2.75) is 12.7 Å². The number of fused-ring (bicyclic) bond motifs is 3. The van der Waals surface area contributed by atoms with Gasteiger partial charge in [0, 0.05) is 52.0 Å². The first-order valence-electron chi connectivity index (χ1n) is 12.2. The lowest BCUT2D eigenvalue weighted by molar-refractivity contribution is -0.137. The quantitative estimate of drug-likeness (QED) is 0.393. The number of nitrogens with two attached hydrogens (primary N) is 1. The summed E-state index contributed by atoms with van der Waals surface area (Å²) in [4.78, 5) is 26.7. The molecule has 0 saturated carbocycles. The average molecular weight is 530 g/mol. The van der Waals surface area contributed by atoms with Gasteiger partial charge in [0.15, 0.2) is 11.6 Å². The lowest BCUT2D eigenvalue weighted by Crippen LogP contribution is -2.47. The van der Waals surface area contributed by atoms with Crippen LogP contribution in [-0.2, 0) is 19.8 Å². The molecule has 0 unspecified atom stereocenters. The second-order valence-electron chi connectivity index (χ2n) is 9.32. The molecular weight excluding hydrogens is 503 g/mol. The van der Waals surface area contributed by atoms with E-state index in [0.717, 1.165) is 30.9 Å². The van der Waals surface area contributed by atoms with E-state index in [4.69, 9.17) is 15.2 Å². The highest BCUT2D eigenvalue weighted by Gasteiger charge is 2.32. The van der Waals surface area contributed by atoms with Gasteiger partial charge in [-0.3, -0.25) is 19.5 Å². The number of aliphatic imine (C=N–C) groups is 1. The summed E-state index contributed by atoms with van der Waals surface area (Å²) in [6.45, 7) is 4.02. The topological polar surface area (TPSA) is 105 Å². The lowest BCUT2D eigenvalue weighted by atomic mass is 10.1. The van der Waals surface area contributed by atoms with E-state index in [1.54, 1.807) is 34.5 Å². The number of aromatic nitrogens is 4. The maximum atomic E-state index is 13.2. The molecule has 2 N–H and O–H groups in total. The van der Waals surface area contributed by atoms with Gasteiger partial charge in [0.05, 0.1) is 11.8 Å². The minimum Gasteiger partial charge on any atom is -0.463 e. The van der Waals surface area contributed by atoms with Crippen molar-refractivity contribution in [2.75, 3.05) is 49.3 Å². The summed E-state index contributed by atoms with van der Waals surface area (Å²) in [6, 6.07) is 8.83. The Balaban J connectivity index is 1.18. The molecule has 1 fully saturated rings. The highest BCUT2D eigenvalue weighted by atomic mass is 19.4. The third kappa shape index (κ3) is 4.05. The number of nitrogens with zero attached hydrogens (tertiary/aromatic N) is 8. The molecule has 2 aliphatic rings. The van der Waals surface area contributed by atoms with Crippen LogP contribution in [0.5, 0.6) is 0 Å². The van der Waals surface area contributed by atoms with Crippen LogP contribution in [-0.4, -0.2) is 68.8 Å². The van der Waals surface area contributed by atoms with E-state index >= 15 is 0 Å². The van der Waals surface area contributed by atoms with Crippen molar-refractivity contribution < 1.29 is 17.6 Å². The van der Waals surface area contributed by atoms with Crippen molar-refractivity contribution >= 4 is 23.0 Å². The number of alkyl halides is 3. The Morgan fingerprint density at radius 1 is 1.05 bits per heavy atom. The van der Waals surface area contributed by atoms with Crippen LogP contribution < -0.4 is 21.4 Å². The fraction of sp³-hybridized carbons (Fsp3) is 0.375. The van der Waals surface area contributed by atoms with E-state index in [9.17, 15) is 18.0 Å². The molecule has 0 aliphatic carbocycles. The minimum atomic E-state index is -4.35. The fourth-order valence-electron chi connectivity index (χ4n) is 5.03. The fourth-order valence-corrected chi connectivity index (χ4v) is 5.03. The Morgan fingerprint density at radius 3 is 2.45 bits per heavy atom. The molecule has 0 spiro atoms. The Kier molecular flexibility index (Phi) is 5.79. The monoisotopic (exact) mass is 529 g/mol. The van der Waals surface area contributed by atoms with Crippen molar-refractivity contribution in [3.8, 4) is 0 Å². The number of anilines is 2.